The van der Waals surface area contributed by atoms with E-state index in [1.165, 1.54) is 0 Å². The molecular weight excluding hydrogens is 310 g/mol. The predicted octanol–water partition coefficient (Wildman–Crippen LogP) is 4.16. The lowest BCUT2D eigenvalue weighted by atomic mass is 10.1. The molecule has 0 aliphatic carbocycles. The Morgan fingerprint density at radius 3 is 2.52 bits per heavy atom. The van der Waals surface area contributed by atoms with E-state index in [1.54, 1.807) is 0 Å². The van der Waals surface area contributed by atoms with Crippen LogP contribution in [0.25, 0.3) is 0 Å². The molecule has 0 fully saturated rings. The van der Waals surface area contributed by atoms with E-state index in [4.69, 9.17) is 16.3 Å². The molecule has 0 bridgehead atoms. The molecule has 0 unspecified atom stereocenters. The van der Waals surface area contributed by atoms with Crippen molar-refractivity contribution < 1.29 is 9.53 Å². The lowest BCUT2D eigenvalue weighted by molar-refractivity contribution is -0.128. The van der Waals surface area contributed by atoms with Crippen LogP contribution in [0.4, 0.5) is 0 Å². The van der Waals surface area contributed by atoms with Gasteiger partial charge in [0.2, 0.25) is 0 Å². The molecule has 0 aromatic heterocycles. The van der Waals surface area contributed by atoms with Crippen LogP contribution in [-0.4, -0.2) is 18.6 Å². The normalized spacial score (nSPS) is 11.8. The first-order valence-corrected chi connectivity index (χ1v) is 8.22. The van der Waals surface area contributed by atoms with Crippen molar-refractivity contribution >= 4 is 17.5 Å². The second-order valence-electron chi connectivity index (χ2n) is 5.45. The van der Waals surface area contributed by atoms with Gasteiger partial charge in [0, 0.05) is 11.6 Å². The zero-order chi connectivity index (χ0) is 16.7. The first-order chi connectivity index (χ1) is 11.1. The van der Waals surface area contributed by atoms with Gasteiger partial charge in [-0.25, -0.2) is 0 Å². The van der Waals surface area contributed by atoms with Crippen LogP contribution in [0, 0.1) is 6.92 Å². The fourth-order valence-corrected chi connectivity index (χ4v) is 2.39. The minimum absolute atomic E-state index is 0.0790. The summed E-state index contributed by atoms with van der Waals surface area (Å²) in [7, 11) is 0. The van der Waals surface area contributed by atoms with Crippen molar-refractivity contribution in [2.45, 2.75) is 32.8 Å². The molecule has 2 aromatic carbocycles. The topological polar surface area (TPSA) is 38.3 Å². The highest BCUT2D eigenvalue weighted by atomic mass is 35.5. The number of ether oxygens (including phenoxy) is 1. The lowest BCUT2D eigenvalue weighted by Gasteiger charge is -2.18. The average Bonchev–Trinajstić information content (AvgIpc) is 2.56. The Kier molecular flexibility index (Phi) is 6.48. The van der Waals surface area contributed by atoms with Crippen LogP contribution in [0.5, 0.6) is 5.75 Å². The monoisotopic (exact) mass is 331 g/mol. The van der Waals surface area contributed by atoms with Crippen LogP contribution < -0.4 is 10.1 Å². The maximum Gasteiger partial charge on any atom is 0.261 e. The van der Waals surface area contributed by atoms with E-state index in [0.717, 1.165) is 28.3 Å². The van der Waals surface area contributed by atoms with Crippen molar-refractivity contribution in [3.63, 3.8) is 0 Å². The molecule has 1 atom stereocenters. The number of halogens is 1. The first kappa shape index (κ1) is 17.4. The van der Waals surface area contributed by atoms with Gasteiger partial charge in [-0.2, -0.15) is 0 Å². The van der Waals surface area contributed by atoms with Gasteiger partial charge in [0.1, 0.15) is 5.75 Å². The Labute approximate surface area is 142 Å². The smallest absolute Gasteiger partial charge is 0.261 e. The van der Waals surface area contributed by atoms with Gasteiger partial charge >= 0.3 is 0 Å². The van der Waals surface area contributed by atoms with E-state index < -0.39 is 6.10 Å². The number of hydrogen-bond donors (Lipinski definition) is 1. The molecular formula is C19H22ClNO2. The van der Waals surface area contributed by atoms with Crippen molar-refractivity contribution in [1.82, 2.24) is 5.32 Å². The van der Waals surface area contributed by atoms with Crippen LogP contribution in [0.15, 0.2) is 48.5 Å². The van der Waals surface area contributed by atoms with Gasteiger partial charge in [-0.3, -0.25) is 4.79 Å². The SMILES string of the molecule is CC[C@H](Oc1ccccc1C)C(=O)NCCc1ccc(Cl)cc1. The highest BCUT2D eigenvalue weighted by Crippen LogP contribution is 2.18. The van der Waals surface area contributed by atoms with Gasteiger partial charge in [0.05, 0.1) is 0 Å². The van der Waals surface area contributed by atoms with E-state index in [-0.39, 0.29) is 5.91 Å². The zero-order valence-electron chi connectivity index (χ0n) is 13.5. The highest BCUT2D eigenvalue weighted by Gasteiger charge is 2.18. The maximum absolute atomic E-state index is 12.3. The van der Waals surface area contributed by atoms with Crippen molar-refractivity contribution in [1.29, 1.82) is 0 Å². The van der Waals surface area contributed by atoms with Crippen molar-refractivity contribution in [2.75, 3.05) is 6.54 Å². The molecule has 1 amide bonds. The number of carbonyl (C=O) groups is 1. The minimum Gasteiger partial charge on any atom is -0.480 e. The van der Waals surface area contributed by atoms with Gasteiger partial charge in [-0.1, -0.05) is 48.9 Å². The average molecular weight is 332 g/mol. The summed E-state index contributed by atoms with van der Waals surface area (Å²) in [5.41, 5.74) is 2.17. The molecule has 122 valence electrons. The Bertz CT molecular complexity index is 640. The predicted molar refractivity (Wildman–Crippen MR) is 94.1 cm³/mol. The lowest BCUT2D eigenvalue weighted by Crippen LogP contribution is -2.39. The molecule has 0 radical (unpaired) electrons. The molecule has 3 nitrogen and oxygen atoms in total. The second kappa shape index (κ2) is 8.59. The number of rotatable bonds is 7. The first-order valence-electron chi connectivity index (χ1n) is 7.84. The van der Waals surface area contributed by atoms with Crippen LogP contribution in [0.3, 0.4) is 0 Å². The number of carbonyl (C=O) groups excluding carboxylic acids is 1. The Morgan fingerprint density at radius 1 is 1.17 bits per heavy atom. The molecule has 0 aliphatic rings. The molecule has 4 heteroatoms. The standard InChI is InChI=1S/C19H22ClNO2/c1-3-17(23-18-7-5-4-6-14(18)2)19(22)21-13-12-15-8-10-16(20)11-9-15/h4-11,17H,3,12-13H2,1-2H3,(H,21,22)/t17-/m0/s1. The quantitative estimate of drug-likeness (QED) is 0.827. The molecule has 0 saturated carbocycles. The third-order valence-electron chi connectivity index (χ3n) is 3.65. The molecule has 0 spiro atoms. The Morgan fingerprint density at radius 2 is 1.87 bits per heavy atom. The molecule has 1 N–H and O–H groups in total. The second-order valence-corrected chi connectivity index (χ2v) is 5.88. The number of para-hydroxylation sites is 1. The minimum atomic E-state index is -0.471. The van der Waals surface area contributed by atoms with Crippen LogP contribution in [0.1, 0.15) is 24.5 Å². The van der Waals surface area contributed by atoms with E-state index in [2.05, 4.69) is 5.32 Å². The van der Waals surface area contributed by atoms with Crippen molar-refractivity contribution in [2.24, 2.45) is 0 Å². The Balaban J connectivity index is 1.85. The van der Waals surface area contributed by atoms with Crippen LogP contribution in [0.2, 0.25) is 5.02 Å². The van der Waals surface area contributed by atoms with E-state index in [0.29, 0.717) is 13.0 Å². The summed E-state index contributed by atoms with van der Waals surface area (Å²) in [4.78, 5) is 12.3. The van der Waals surface area contributed by atoms with Crippen LogP contribution in [-0.2, 0) is 11.2 Å². The van der Waals surface area contributed by atoms with Crippen molar-refractivity contribution in [3.05, 3.63) is 64.7 Å². The molecule has 2 rings (SSSR count). The Hall–Kier alpha value is -2.00. The van der Waals surface area contributed by atoms with E-state index in [1.807, 2.05) is 62.4 Å². The third-order valence-corrected chi connectivity index (χ3v) is 3.90. The maximum atomic E-state index is 12.3. The number of benzene rings is 2. The highest BCUT2D eigenvalue weighted by molar-refractivity contribution is 6.30. The summed E-state index contributed by atoms with van der Waals surface area (Å²) >= 11 is 5.86. The van der Waals surface area contributed by atoms with Gasteiger partial charge in [0.25, 0.3) is 5.91 Å². The van der Waals surface area contributed by atoms with Crippen LogP contribution >= 0.6 is 11.6 Å². The molecule has 0 aliphatic heterocycles. The molecule has 23 heavy (non-hydrogen) atoms. The summed E-state index contributed by atoms with van der Waals surface area (Å²) in [5.74, 6) is 0.678. The van der Waals surface area contributed by atoms with Crippen molar-refractivity contribution in [3.8, 4) is 5.75 Å². The third kappa shape index (κ3) is 5.29. The van der Waals surface area contributed by atoms with E-state index >= 15 is 0 Å². The summed E-state index contributed by atoms with van der Waals surface area (Å²) in [6.07, 6.45) is 0.923. The summed E-state index contributed by atoms with van der Waals surface area (Å²) in [5, 5.41) is 3.66. The summed E-state index contributed by atoms with van der Waals surface area (Å²) < 4.78 is 5.85. The largest absolute Gasteiger partial charge is 0.480 e. The number of aryl methyl sites for hydroxylation is 1. The molecule has 0 heterocycles. The van der Waals surface area contributed by atoms with E-state index in [9.17, 15) is 4.79 Å². The van der Waals surface area contributed by atoms with Gasteiger partial charge in [0.15, 0.2) is 6.10 Å². The summed E-state index contributed by atoms with van der Waals surface area (Å²) in [6, 6.07) is 15.4. The van der Waals surface area contributed by atoms with Gasteiger partial charge < -0.3 is 10.1 Å². The number of amides is 1. The van der Waals surface area contributed by atoms with Gasteiger partial charge in [-0.15, -0.1) is 0 Å². The summed E-state index contributed by atoms with van der Waals surface area (Å²) in [6.45, 7) is 4.50. The molecule has 2 aromatic rings. The number of hydrogen-bond acceptors (Lipinski definition) is 2. The fraction of sp³-hybridized carbons (Fsp3) is 0.316. The zero-order valence-corrected chi connectivity index (χ0v) is 14.3. The fourth-order valence-electron chi connectivity index (χ4n) is 2.26. The number of nitrogens with one attached hydrogen (secondary N) is 1. The molecule has 0 saturated heterocycles. The van der Waals surface area contributed by atoms with Gasteiger partial charge in [-0.05, 0) is 49.1 Å².